The number of likely N-dealkylation sites (tertiary alicyclic amines) is 1. The number of aromatic nitrogens is 1. The molecule has 0 saturated carbocycles. The van der Waals surface area contributed by atoms with Gasteiger partial charge in [-0.25, -0.2) is 4.98 Å². The Balaban J connectivity index is 1.25. The Morgan fingerprint density at radius 1 is 1.00 bits per heavy atom. The van der Waals surface area contributed by atoms with Crippen LogP contribution < -0.4 is 10.6 Å². The highest BCUT2D eigenvalue weighted by Crippen LogP contribution is 2.19. The van der Waals surface area contributed by atoms with Crippen molar-refractivity contribution in [3.8, 4) is 0 Å². The van der Waals surface area contributed by atoms with E-state index < -0.39 is 0 Å². The standard InChI is InChI=1S/C25H26N4O3S/c1-17-7-5-6-10-21(17)24(32)26-19-11-13-29(14-12-19)22(30)15-20-16-33-25(27-20)28-23(31)18-8-3-2-4-9-18/h2-10,16,19H,11-15H2,1H3,(H,26,32)(H,27,28,31). The lowest BCUT2D eigenvalue weighted by Gasteiger charge is -2.32. The summed E-state index contributed by atoms with van der Waals surface area (Å²) < 4.78 is 0. The van der Waals surface area contributed by atoms with Gasteiger partial charge in [-0.05, 0) is 43.5 Å². The summed E-state index contributed by atoms with van der Waals surface area (Å²) >= 11 is 1.31. The normalized spacial score (nSPS) is 14.0. The summed E-state index contributed by atoms with van der Waals surface area (Å²) in [6.45, 7) is 3.12. The lowest BCUT2D eigenvalue weighted by atomic mass is 10.0. The van der Waals surface area contributed by atoms with Crippen LogP contribution in [0.4, 0.5) is 5.13 Å². The molecular formula is C25H26N4O3S. The molecule has 0 aliphatic carbocycles. The number of piperidine rings is 1. The molecule has 1 aliphatic rings. The average Bonchev–Trinajstić information content (AvgIpc) is 3.26. The number of carbonyl (C=O) groups is 3. The largest absolute Gasteiger partial charge is 0.349 e. The van der Waals surface area contributed by atoms with Crippen LogP contribution in [-0.4, -0.2) is 46.7 Å². The van der Waals surface area contributed by atoms with Crippen molar-refractivity contribution in [2.45, 2.75) is 32.2 Å². The van der Waals surface area contributed by atoms with Gasteiger partial charge in [0.15, 0.2) is 5.13 Å². The third kappa shape index (κ3) is 5.84. The van der Waals surface area contributed by atoms with Gasteiger partial charge in [-0.15, -0.1) is 11.3 Å². The first-order valence-electron chi connectivity index (χ1n) is 10.9. The van der Waals surface area contributed by atoms with Gasteiger partial charge in [0.25, 0.3) is 11.8 Å². The van der Waals surface area contributed by atoms with Gasteiger partial charge >= 0.3 is 0 Å². The molecule has 170 valence electrons. The number of nitrogens with one attached hydrogen (secondary N) is 2. The molecule has 4 rings (SSSR count). The topological polar surface area (TPSA) is 91.4 Å². The van der Waals surface area contributed by atoms with Gasteiger partial charge in [-0.3, -0.25) is 19.7 Å². The monoisotopic (exact) mass is 462 g/mol. The minimum Gasteiger partial charge on any atom is -0.349 e. The van der Waals surface area contributed by atoms with E-state index in [1.165, 1.54) is 11.3 Å². The molecule has 2 aromatic carbocycles. The molecular weight excluding hydrogens is 436 g/mol. The van der Waals surface area contributed by atoms with E-state index in [0.717, 1.165) is 18.4 Å². The maximum atomic E-state index is 12.7. The van der Waals surface area contributed by atoms with E-state index in [1.54, 1.807) is 29.6 Å². The van der Waals surface area contributed by atoms with Gasteiger partial charge < -0.3 is 10.2 Å². The summed E-state index contributed by atoms with van der Waals surface area (Å²) in [4.78, 5) is 43.7. The molecule has 1 aliphatic heterocycles. The van der Waals surface area contributed by atoms with Crippen LogP contribution >= 0.6 is 11.3 Å². The number of anilines is 1. The van der Waals surface area contributed by atoms with Gasteiger partial charge in [0.1, 0.15) is 0 Å². The second kappa shape index (κ2) is 10.4. The molecule has 1 saturated heterocycles. The number of thiazole rings is 1. The molecule has 1 aromatic heterocycles. The van der Waals surface area contributed by atoms with Crippen molar-refractivity contribution >= 4 is 34.2 Å². The first-order chi connectivity index (χ1) is 16.0. The molecule has 1 fully saturated rings. The van der Waals surface area contributed by atoms with E-state index in [0.29, 0.717) is 35.0 Å². The quantitative estimate of drug-likeness (QED) is 0.585. The Morgan fingerprint density at radius 3 is 2.42 bits per heavy atom. The van der Waals surface area contributed by atoms with Crippen LogP contribution in [0.5, 0.6) is 0 Å². The Kier molecular flexibility index (Phi) is 7.14. The zero-order valence-corrected chi connectivity index (χ0v) is 19.2. The van der Waals surface area contributed by atoms with Crippen LogP contribution in [0.1, 0.15) is 44.8 Å². The van der Waals surface area contributed by atoms with E-state index in [2.05, 4.69) is 15.6 Å². The Bertz CT molecular complexity index is 1140. The summed E-state index contributed by atoms with van der Waals surface area (Å²) in [5.41, 5.74) is 2.84. The maximum absolute atomic E-state index is 12.7. The van der Waals surface area contributed by atoms with E-state index in [9.17, 15) is 14.4 Å². The van der Waals surface area contributed by atoms with Crippen molar-refractivity contribution in [3.63, 3.8) is 0 Å². The molecule has 3 amide bonds. The first kappa shape index (κ1) is 22.7. The van der Waals surface area contributed by atoms with Crippen molar-refractivity contribution in [1.82, 2.24) is 15.2 Å². The number of carbonyl (C=O) groups excluding carboxylic acids is 3. The minimum absolute atomic E-state index is 0.00455. The number of hydrogen-bond acceptors (Lipinski definition) is 5. The van der Waals surface area contributed by atoms with Crippen LogP contribution in [0.3, 0.4) is 0 Å². The molecule has 8 heteroatoms. The molecule has 3 aromatic rings. The van der Waals surface area contributed by atoms with Crippen molar-refractivity contribution in [1.29, 1.82) is 0 Å². The molecule has 7 nitrogen and oxygen atoms in total. The van der Waals surface area contributed by atoms with E-state index in [-0.39, 0.29) is 30.2 Å². The highest BCUT2D eigenvalue weighted by molar-refractivity contribution is 7.14. The fourth-order valence-electron chi connectivity index (χ4n) is 3.84. The average molecular weight is 463 g/mol. The van der Waals surface area contributed by atoms with Gasteiger partial charge in [0.05, 0.1) is 12.1 Å². The number of benzene rings is 2. The van der Waals surface area contributed by atoms with Crippen molar-refractivity contribution in [3.05, 3.63) is 82.4 Å². The van der Waals surface area contributed by atoms with E-state index in [1.807, 2.05) is 42.2 Å². The van der Waals surface area contributed by atoms with Crippen LogP contribution in [0.2, 0.25) is 0 Å². The van der Waals surface area contributed by atoms with Gasteiger partial charge in [0.2, 0.25) is 5.91 Å². The fourth-order valence-corrected chi connectivity index (χ4v) is 4.54. The lowest BCUT2D eigenvalue weighted by Crippen LogP contribution is -2.47. The molecule has 33 heavy (non-hydrogen) atoms. The SMILES string of the molecule is Cc1ccccc1C(=O)NC1CCN(C(=O)Cc2csc(NC(=O)c3ccccc3)n2)CC1. The maximum Gasteiger partial charge on any atom is 0.257 e. The summed E-state index contributed by atoms with van der Waals surface area (Å²) in [6.07, 6.45) is 1.63. The van der Waals surface area contributed by atoms with Crippen molar-refractivity contribution in [2.24, 2.45) is 0 Å². The highest BCUT2D eigenvalue weighted by atomic mass is 32.1. The number of nitrogens with zero attached hydrogens (tertiary/aromatic N) is 2. The molecule has 2 heterocycles. The predicted molar refractivity (Wildman–Crippen MR) is 128 cm³/mol. The van der Waals surface area contributed by atoms with Crippen LogP contribution in [0.25, 0.3) is 0 Å². The van der Waals surface area contributed by atoms with E-state index >= 15 is 0 Å². The number of aryl methyl sites for hydroxylation is 1. The molecule has 0 unspecified atom stereocenters. The van der Waals surface area contributed by atoms with Gasteiger partial charge in [0, 0.05) is 35.6 Å². The third-order valence-electron chi connectivity index (χ3n) is 5.71. The van der Waals surface area contributed by atoms with Crippen LogP contribution in [0, 0.1) is 6.92 Å². The Morgan fingerprint density at radius 2 is 1.70 bits per heavy atom. The summed E-state index contributed by atoms with van der Waals surface area (Å²) in [5, 5.41) is 8.14. The molecule has 0 radical (unpaired) electrons. The smallest absolute Gasteiger partial charge is 0.257 e. The lowest BCUT2D eigenvalue weighted by molar-refractivity contribution is -0.131. The van der Waals surface area contributed by atoms with Crippen molar-refractivity contribution in [2.75, 3.05) is 18.4 Å². The number of hydrogen-bond donors (Lipinski definition) is 2. The zero-order chi connectivity index (χ0) is 23.2. The van der Waals surface area contributed by atoms with Crippen LogP contribution in [0.15, 0.2) is 60.0 Å². The summed E-state index contributed by atoms with van der Waals surface area (Å²) in [6, 6.07) is 16.5. The highest BCUT2D eigenvalue weighted by Gasteiger charge is 2.25. The molecule has 0 bridgehead atoms. The van der Waals surface area contributed by atoms with Crippen molar-refractivity contribution < 1.29 is 14.4 Å². The molecule has 0 spiro atoms. The van der Waals surface area contributed by atoms with E-state index in [4.69, 9.17) is 0 Å². The minimum atomic E-state index is -0.224. The number of amides is 3. The second-order valence-electron chi connectivity index (χ2n) is 8.08. The predicted octanol–water partition coefficient (Wildman–Crippen LogP) is 3.67. The van der Waals surface area contributed by atoms with Crippen LogP contribution in [-0.2, 0) is 11.2 Å². The Labute approximate surface area is 196 Å². The zero-order valence-electron chi connectivity index (χ0n) is 18.4. The summed E-state index contributed by atoms with van der Waals surface area (Å²) in [7, 11) is 0. The first-order valence-corrected chi connectivity index (χ1v) is 11.8. The number of rotatable bonds is 6. The molecule has 0 atom stereocenters. The Hall–Kier alpha value is -3.52. The second-order valence-corrected chi connectivity index (χ2v) is 8.94. The fraction of sp³-hybridized carbons (Fsp3) is 0.280. The molecule has 2 N–H and O–H groups in total. The van der Waals surface area contributed by atoms with Gasteiger partial charge in [-0.1, -0.05) is 36.4 Å². The summed E-state index contributed by atoms with van der Waals surface area (Å²) in [5.74, 6) is -0.284. The third-order valence-corrected chi connectivity index (χ3v) is 6.52. The van der Waals surface area contributed by atoms with Gasteiger partial charge in [-0.2, -0.15) is 0 Å².